The van der Waals surface area contributed by atoms with E-state index in [1.807, 2.05) is 0 Å². The summed E-state index contributed by atoms with van der Waals surface area (Å²) >= 11 is 0. The molecular formula is C32H30N8. The fourth-order valence-electron chi connectivity index (χ4n) is 7.59. The SMILES string of the molecule is c1ccc2c3nc4[nH]c(nc5nc(nc6nc(nc([nH]3)c2c1)C1CCCC[C@H]61)C1CCCC[C@H]51)c1ccccc41. The van der Waals surface area contributed by atoms with Gasteiger partial charge in [-0.25, -0.2) is 29.9 Å². The van der Waals surface area contributed by atoms with Crippen molar-refractivity contribution < 1.29 is 0 Å². The zero-order valence-corrected chi connectivity index (χ0v) is 22.3. The van der Waals surface area contributed by atoms with Crippen molar-refractivity contribution in [3.63, 3.8) is 0 Å². The van der Waals surface area contributed by atoms with E-state index in [4.69, 9.17) is 29.9 Å². The predicted molar refractivity (Wildman–Crippen MR) is 155 cm³/mol. The van der Waals surface area contributed by atoms with Crippen LogP contribution in [0.15, 0.2) is 48.5 Å². The van der Waals surface area contributed by atoms with Crippen molar-refractivity contribution in [3.8, 4) is 0 Å². The Labute approximate surface area is 230 Å². The summed E-state index contributed by atoms with van der Waals surface area (Å²) in [4.78, 5) is 38.2. The number of nitrogens with zero attached hydrogens (tertiary/aromatic N) is 6. The van der Waals surface area contributed by atoms with Crippen molar-refractivity contribution in [2.24, 2.45) is 0 Å². The van der Waals surface area contributed by atoms with Crippen LogP contribution >= 0.6 is 0 Å². The molecule has 0 saturated heterocycles. The first-order valence-electron chi connectivity index (χ1n) is 14.8. The van der Waals surface area contributed by atoms with Gasteiger partial charge in [0.1, 0.15) is 45.9 Å². The van der Waals surface area contributed by atoms with Crippen LogP contribution in [-0.2, 0) is 0 Å². The molecule has 0 radical (unpaired) electrons. The minimum Gasteiger partial charge on any atom is -0.324 e. The third kappa shape index (κ3) is 3.37. The summed E-state index contributed by atoms with van der Waals surface area (Å²) in [5, 5.41) is 4.19. The number of aromatic amines is 2. The van der Waals surface area contributed by atoms with Gasteiger partial charge >= 0.3 is 0 Å². The molecule has 0 amide bonds. The van der Waals surface area contributed by atoms with E-state index in [-0.39, 0.29) is 0 Å². The van der Waals surface area contributed by atoms with E-state index in [1.54, 1.807) is 0 Å². The number of fused-ring (bicyclic) bond motifs is 20. The van der Waals surface area contributed by atoms with E-state index >= 15 is 0 Å². The first-order valence-corrected chi connectivity index (χ1v) is 14.8. The molecule has 198 valence electrons. The Morgan fingerprint density at radius 3 is 1.05 bits per heavy atom. The highest BCUT2D eigenvalue weighted by Gasteiger charge is 2.40. The van der Waals surface area contributed by atoms with Gasteiger partial charge < -0.3 is 9.97 Å². The number of hydrogen-bond donors (Lipinski definition) is 2. The van der Waals surface area contributed by atoms with Crippen molar-refractivity contribution in [2.45, 2.75) is 75.0 Å². The predicted octanol–water partition coefficient (Wildman–Crippen LogP) is 7.08. The highest BCUT2D eigenvalue weighted by atomic mass is 15.1. The summed E-state index contributed by atoms with van der Waals surface area (Å²) in [6.45, 7) is 0. The second-order valence-electron chi connectivity index (χ2n) is 11.8. The molecule has 2 unspecified atom stereocenters. The molecule has 2 N–H and O–H groups in total. The van der Waals surface area contributed by atoms with Gasteiger partial charge in [0.15, 0.2) is 0 Å². The van der Waals surface area contributed by atoms with Gasteiger partial charge in [0.25, 0.3) is 0 Å². The molecule has 4 aliphatic rings. The second kappa shape index (κ2) is 8.65. The van der Waals surface area contributed by atoms with E-state index in [0.717, 1.165) is 93.1 Å². The molecule has 5 heterocycles. The Bertz CT molecular complexity index is 1830. The molecule has 8 bridgehead atoms. The lowest BCUT2D eigenvalue weighted by Crippen LogP contribution is -2.14. The lowest BCUT2D eigenvalue weighted by atomic mass is 9.79. The van der Waals surface area contributed by atoms with E-state index < -0.39 is 0 Å². The average Bonchev–Trinajstić information content (AvgIpc) is 3.73. The Balaban J connectivity index is 1.43. The number of hydrogen-bond acceptors (Lipinski definition) is 6. The molecule has 2 aromatic carbocycles. The van der Waals surface area contributed by atoms with Gasteiger partial charge in [0, 0.05) is 45.2 Å². The summed E-state index contributed by atoms with van der Waals surface area (Å²) < 4.78 is 0. The van der Waals surface area contributed by atoms with E-state index in [2.05, 4.69) is 58.5 Å². The van der Waals surface area contributed by atoms with Crippen LogP contribution in [0.2, 0.25) is 0 Å². The number of H-pyrrole nitrogens is 2. The molecule has 2 fully saturated rings. The molecule has 3 aromatic heterocycles. The van der Waals surface area contributed by atoms with Crippen LogP contribution in [-0.4, -0.2) is 39.9 Å². The van der Waals surface area contributed by atoms with Crippen LogP contribution in [0.3, 0.4) is 0 Å². The summed E-state index contributed by atoms with van der Waals surface area (Å²) in [5.74, 6) is 4.88. The quantitative estimate of drug-likeness (QED) is 0.223. The number of aromatic nitrogens is 8. The largest absolute Gasteiger partial charge is 0.324 e. The molecule has 2 saturated carbocycles. The van der Waals surface area contributed by atoms with Gasteiger partial charge in [-0.2, -0.15) is 0 Å². The molecular weight excluding hydrogens is 496 g/mol. The molecule has 8 nitrogen and oxygen atoms in total. The lowest BCUT2D eigenvalue weighted by molar-refractivity contribution is 0.380. The standard InChI is InChI=1S/C32H30N8/c1-2-10-18-17(9-1)25-33-26(18)38-28-21-13-5-6-14-22(21)30(35-28)40-32-24-16-8-7-15-23(24)31(36-32)39-29-20-12-4-3-11-19(20)27(34-29)37-25/h1-4,9-12,21-24H,5-8,13-16H2,(H2,33,34,35,36,37,38,39,40)/t21-,22?,23?,24-/m0/s1. The van der Waals surface area contributed by atoms with Crippen LogP contribution in [0, 0.1) is 0 Å². The summed E-state index contributed by atoms with van der Waals surface area (Å²) in [7, 11) is 0. The first kappa shape index (κ1) is 22.6. The van der Waals surface area contributed by atoms with Gasteiger partial charge in [0.05, 0.1) is 0 Å². The van der Waals surface area contributed by atoms with Gasteiger partial charge in [-0.15, -0.1) is 0 Å². The van der Waals surface area contributed by atoms with Crippen molar-refractivity contribution in [3.05, 3.63) is 71.8 Å². The van der Waals surface area contributed by atoms with Crippen LogP contribution in [0.25, 0.3) is 44.1 Å². The fraction of sp³-hybridized carbons (Fsp3) is 0.375. The highest BCUT2D eigenvalue weighted by molar-refractivity contribution is 6.07. The van der Waals surface area contributed by atoms with Crippen molar-refractivity contribution >= 4 is 44.1 Å². The first-order chi connectivity index (χ1) is 19.8. The van der Waals surface area contributed by atoms with Crippen LogP contribution < -0.4 is 0 Å². The summed E-state index contributed by atoms with van der Waals surface area (Å²) in [6.07, 6.45) is 9.26. The minimum atomic E-state index is 0.303. The van der Waals surface area contributed by atoms with Crippen LogP contribution in [0.1, 0.15) is 98.3 Å². The maximum Gasteiger partial charge on any atom is 0.142 e. The zero-order chi connectivity index (χ0) is 26.2. The Morgan fingerprint density at radius 1 is 0.400 bits per heavy atom. The van der Waals surface area contributed by atoms with Crippen LogP contribution in [0.5, 0.6) is 0 Å². The van der Waals surface area contributed by atoms with Crippen molar-refractivity contribution in [1.29, 1.82) is 0 Å². The number of nitrogens with one attached hydrogen (secondary N) is 2. The van der Waals surface area contributed by atoms with Gasteiger partial charge in [-0.1, -0.05) is 74.2 Å². The molecule has 8 heteroatoms. The Morgan fingerprint density at radius 2 is 0.700 bits per heavy atom. The van der Waals surface area contributed by atoms with Crippen molar-refractivity contribution in [2.75, 3.05) is 0 Å². The highest BCUT2D eigenvalue weighted by Crippen LogP contribution is 2.48. The van der Waals surface area contributed by atoms with Crippen LogP contribution in [0.4, 0.5) is 0 Å². The zero-order valence-electron chi connectivity index (χ0n) is 22.3. The second-order valence-corrected chi connectivity index (χ2v) is 11.8. The van der Waals surface area contributed by atoms with E-state index in [0.29, 0.717) is 23.7 Å². The Hall–Kier alpha value is -4.20. The topological polar surface area (TPSA) is 109 Å². The van der Waals surface area contributed by atoms with Gasteiger partial charge in [-0.05, 0) is 25.7 Å². The maximum absolute atomic E-state index is 5.26. The third-order valence-electron chi connectivity index (χ3n) is 9.57. The van der Waals surface area contributed by atoms with Gasteiger partial charge in [0.2, 0.25) is 0 Å². The number of rotatable bonds is 0. The maximum atomic E-state index is 5.26. The Kier molecular flexibility index (Phi) is 4.89. The summed E-state index contributed by atoms with van der Waals surface area (Å²) in [5.41, 5.74) is 3.20. The normalized spacial score (nSPS) is 24.2. The monoisotopic (exact) mass is 526 g/mol. The van der Waals surface area contributed by atoms with E-state index in [1.165, 1.54) is 25.7 Å². The smallest absolute Gasteiger partial charge is 0.142 e. The third-order valence-corrected chi connectivity index (χ3v) is 9.57. The van der Waals surface area contributed by atoms with E-state index in [9.17, 15) is 0 Å². The molecule has 0 spiro atoms. The molecule has 4 atom stereocenters. The fourth-order valence-corrected chi connectivity index (χ4v) is 7.59. The lowest BCUT2D eigenvalue weighted by Gasteiger charge is -2.25. The minimum absolute atomic E-state index is 0.303. The molecule has 40 heavy (non-hydrogen) atoms. The molecule has 5 aromatic rings. The van der Waals surface area contributed by atoms with Crippen molar-refractivity contribution in [1.82, 2.24) is 39.9 Å². The molecule has 2 aliphatic heterocycles. The number of benzene rings is 2. The average molecular weight is 527 g/mol. The van der Waals surface area contributed by atoms with Gasteiger partial charge in [-0.3, -0.25) is 0 Å². The molecule has 9 rings (SSSR count). The molecule has 2 aliphatic carbocycles. The summed E-state index contributed by atoms with van der Waals surface area (Å²) in [6, 6.07) is 16.7.